The molecule has 3 amide bonds. The molecule has 2 aromatic rings. The van der Waals surface area contributed by atoms with Crippen molar-refractivity contribution < 1.29 is 37.1 Å². The highest BCUT2D eigenvalue weighted by Gasteiger charge is 2.49. The van der Waals surface area contributed by atoms with Gasteiger partial charge < -0.3 is 20.1 Å². The number of alkyl carbamates (subject to hydrolysis) is 1. The number of nitrogens with one attached hydrogen (secondary N) is 3. The van der Waals surface area contributed by atoms with Crippen molar-refractivity contribution in [3.8, 4) is 10.4 Å². The first kappa shape index (κ1) is 30.0. The smallest absolute Gasteiger partial charge is 0.407 e. The maximum atomic E-state index is 13.5. The molecule has 1 aromatic heterocycles. The van der Waals surface area contributed by atoms with Crippen LogP contribution in [0.5, 0.6) is 0 Å². The van der Waals surface area contributed by atoms with E-state index in [0.717, 1.165) is 23.3 Å². The molecule has 0 bridgehead atoms. The van der Waals surface area contributed by atoms with E-state index < -0.39 is 38.8 Å². The summed E-state index contributed by atoms with van der Waals surface area (Å²) in [4.78, 5) is 43.4. The third-order valence-electron chi connectivity index (χ3n) is 6.88. The van der Waals surface area contributed by atoms with E-state index in [-0.39, 0.29) is 25.3 Å². The number of amides is 3. The van der Waals surface area contributed by atoms with Crippen molar-refractivity contribution >= 4 is 44.8 Å². The Balaban J connectivity index is 1.49. The molecule has 0 saturated carbocycles. The number of hydrogen-bond acceptors (Lipinski definition) is 9. The molecule has 1 aromatic carbocycles. The van der Waals surface area contributed by atoms with Gasteiger partial charge in [0.1, 0.15) is 11.3 Å². The molecular weight excluding hydrogens is 558 g/mol. The molecule has 3 N–H and O–H groups in total. The molecule has 0 radical (unpaired) electrons. The second kappa shape index (κ2) is 13.6. The highest BCUT2D eigenvalue weighted by atomic mass is 32.2. The standard InChI is InChI=1S/C27H35N3O8S2/c1-2-36-26(33)28-18-24(32)29-20-9-7-8-19(16-20)21-11-12-22(39-21)27(13-4-6-15-40(27,34)35)17-23(31)30-38-25-10-3-5-14-37-25/h7-9,11-12,16,25H,2-6,10,13-15,17-18H2,1H3,(H,28,33)(H,29,32)(H,30,31)/t25?,27-/m0/s1. The number of hydroxylamine groups is 1. The maximum Gasteiger partial charge on any atom is 0.407 e. The first-order valence-electron chi connectivity index (χ1n) is 13.4. The summed E-state index contributed by atoms with van der Waals surface area (Å²) < 4.78 is 35.9. The Hall–Kier alpha value is -3.00. The summed E-state index contributed by atoms with van der Waals surface area (Å²) >= 11 is 1.32. The zero-order chi connectivity index (χ0) is 28.6. The zero-order valence-electron chi connectivity index (χ0n) is 22.4. The first-order chi connectivity index (χ1) is 19.2. The molecular formula is C27H35N3O8S2. The Morgan fingerprint density at radius 3 is 2.70 bits per heavy atom. The molecule has 40 heavy (non-hydrogen) atoms. The van der Waals surface area contributed by atoms with Crippen molar-refractivity contribution in [2.75, 3.05) is 30.8 Å². The molecule has 2 atom stereocenters. The van der Waals surface area contributed by atoms with Crippen LogP contribution in [0.4, 0.5) is 10.5 Å². The molecule has 0 spiro atoms. The quantitative estimate of drug-likeness (QED) is 0.352. The van der Waals surface area contributed by atoms with Crippen LogP contribution in [0, 0.1) is 0 Å². The summed E-state index contributed by atoms with van der Waals surface area (Å²) in [6.07, 6.45) is 2.68. The summed E-state index contributed by atoms with van der Waals surface area (Å²) in [6.45, 7) is 2.19. The largest absolute Gasteiger partial charge is 0.450 e. The van der Waals surface area contributed by atoms with Crippen molar-refractivity contribution in [2.45, 2.75) is 62.9 Å². The molecule has 2 aliphatic heterocycles. The van der Waals surface area contributed by atoms with Crippen molar-refractivity contribution in [2.24, 2.45) is 0 Å². The van der Waals surface area contributed by atoms with Crippen LogP contribution in [-0.2, 0) is 38.5 Å². The molecule has 1 unspecified atom stereocenters. The van der Waals surface area contributed by atoms with Gasteiger partial charge in [-0.15, -0.1) is 11.3 Å². The minimum atomic E-state index is -3.63. The van der Waals surface area contributed by atoms with Crippen LogP contribution in [0.1, 0.15) is 56.7 Å². The number of carbonyl (C=O) groups is 3. The van der Waals surface area contributed by atoms with E-state index in [9.17, 15) is 22.8 Å². The van der Waals surface area contributed by atoms with E-state index in [1.165, 1.54) is 11.3 Å². The summed E-state index contributed by atoms with van der Waals surface area (Å²) in [5.41, 5.74) is 3.72. The second-order valence-electron chi connectivity index (χ2n) is 9.75. The summed E-state index contributed by atoms with van der Waals surface area (Å²) in [5, 5.41) is 5.10. The lowest BCUT2D eigenvalue weighted by molar-refractivity contribution is -0.200. The lowest BCUT2D eigenvalue weighted by atomic mass is 9.94. The predicted molar refractivity (Wildman–Crippen MR) is 150 cm³/mol. The number of sulfone groups is 1. The predicted octanol–water partition coefficient (Wildman–Crippen LogP) is 3.86. The minimum absolute atomic E-state index is 0.0153. The van der Waals surface area contributed by atoms with E-state index in [0.29, 0.717) is 42.9 Å². The topological polar surface area (TPSA) is 149 Å². The Labute approximate surface area is 237 Å². The third-order valence-corrected chi connectivity index (χ3v) is 10.9. The normalized spacial score (nSPS) is 22.2. The minimum Gasteiger partial charge on any atom is -0.450 e. The number of ether oxygens (including phenoxy) is 2. The zero-order valence-corrected chi connectivity index (χ0v) is 24.0. The molecule has 2 fully saturated rings. The molecule has 2 saturated heterocycles. The molecule has 218 valence electrons. The lowest BCUT2D eigenvalue weighted by Crippen LogP contribution is -2.45. The first-order valence-corrected chi connectivity index (χ1v) is 15.9. The number of hydrogen-bond donors (Lipinski definition) is 3. The van der Waals surface area contributed by atoms with Gasteiger partial charge in [0.05, 0.1) is 18.8 Å². The number of thiophene rings is 1. The van der Waals surface area contributed by atoms with Gasteiger partial charge in [-0.05, 0) is 62.4 Å². The monoisotopic (exact) mass is 593 g/mol. The molecule has 0 aliphatic carbocycles. The van der Waals surface area contributed by atoms with Crippen molar-refractivity contribution in [3.05, 3.63) is 41.3 Å². The van der Waals surface area contributed by atoms with Gasteiger partial charge in [-0.1, -0.05) is 18.6 Å². The van der Waals surface area contributed by atoms with Gasteiger partial charge >= 0.3 is 6.09 Å². The number of carbonyl (C=O) groups excluding carboxylic acids is 3. The van der Waals surface area contributed by atoms with E-state index in [1.54, 1.807) is 31.2 Å². The van der Waals surface area contributed by atoms with E-state index in [2.05, 4.69) is 16.1 Å². The Morgan fingerprint density at radius 2 is 1.95 bits per heavy atom. The average molecular weight is 594 g/mol. The number of benzene rings is 1. The second-order valence-corrected chi connectivity index (χ2v) is 13.3. The van der Waals surface area contributed by atoms with Gasteiger partial charge in [0.25, 0.3) is 0 Å². The van der Waals surface area contributed by atoms with Crippen molar-refractivity contribution in [3.63, 3.8) is 0 Å². The molecule has 4 rings (SSSR count). The summed E-state index contributed by atoms with van der Waals surface area (Å²) in [7, 11) is -3.63. The van der Waals surface area contributed by atoms with Crippen LogP contribution in [-0.4, -0.2) is 58.1 Å². The third kappa shape index (κ3) is 7.39. The fraction of sp³-hybridized carbons (Fsp3) is 0.519. The highest BCUT2D eigenvalue weighted by Crippen LogP contribution is 2.47. The Morgan fingerprint density at radius 1 is 1.10 bits per heavy atom. The van der Waals surface area contributed by atoms with Crippen molar-refractivity contribution in [1.82, 2.24) is 10.8 Å². The van der Waals surface area contributed by atoms with Gasteiger partial charge in [0.15, 0.2) is 16.1 Å². The van der Waals surface area contributed by atoms with Crippen LogP contribution in [0.25, 0.3) is 10.4 Å². The van der Waals surface area contributed by atoms with Crippen LogP contribution >= 0.6 is 11.3 Å². The van der Waals surface area contributed by atoms with Crippen LogP contribution < -0.4 is 16.1 Å². The lowest BCUT2D eigenvalue weighted by Gasteiger charge is -2.35. The Bertz CT molecular complexity index is 1310. The maximum absolute atomic E-state index is 13.5. The van der Waals surface area contributed by atoms with Crippen LogP contribution in [0.15, 0.2) is 36.4 Å². The summed E-state index contributed by atoms with van der Waals surface area (Å²) in [6, 6.07) is 10.7. The molecule has 2 aliphatic rings. The van der Waals surface area contributed by atoms with Crippen molar-refractivity contribution in [1.29, 1.82) is 0 Å². The van der Waals surface area contributed by atoms with Crippen LogP contribution in [0.2, 0.25) is 0 Å². The van der Waals surface area contributed by atoms with E-state index >= 15 is 0 Å². The van der Waals surface area contributed by atoms with Gasteiger partial charge in [-0.25, -0.2) is 23.5 Å². The molecule has 13 heteroatoms. The van der Waals surface area contributed by atoms with Crippen LogP contribution in [0.3, 0.4) is 0 Å². The fourth-order valence-corrected chi connectivity index (χ4v) is 8.65. The number of anilines is 1. The Kier molecular flexibility index (Phi) is 10.2. The fourth-order valence-electron chi connectivity index (χ4n) is 4.87. The highest BCUT2D eigenvalue weighted by molar-refractivity contribution is 7.92. The average Bonchev–Trinajstić information content (AvgIpc) is 3.44. The van der Waals surface area contributed by atoms with E-state index in [1.807, 2.05) is 12.1 Å². The van der Waals surface area contributed by atoms with Gasteiger partial charge in [0, 0.05) is 28.5 Å². The van der Waals surface area contributed by atoms with Gasteiger partial charge in [-0.3, -0.25) is 9.59 Å². The number of rotatable bonds is 10. The molecule has 11 nitrogen and oxygen atoms in total. The van der Waals surface area contributed by atoms with Gasteiger partial charge in [0.2, 0.25) is 11.8 Å². The molecule has 3 heterocycles. The van der Waals surface area contributed by atoms with E-state index in [4.69, 9.17) is 14.3 Å². The van der Waals surface area contributed by atoms with Gasteiger partial charge in [-0.2, -0.15) is 0 Å². The SMILES string of the molecule is CCOC(=O)NCC(=O)Nc1cccc(-c2ccc([C@@]3(CC(=O)NOC4CCCCO4)CCCCS3(=O)=O)s2)c1. The summed E-state index contributed by atoms with van der Waals surface area (Å²) in [5.74, 6) is -0.909.